The van der Waals surface area contributed by atoms with Gasteiger partial charge < -0.3 is 14.8 Å². The van der Waals surface area contributed by atoms with E-state index in [2.05, 4.69) is 17.4 Å². The zero-order chi connectivity index (χ0) is 13.8. The monoisotopic (exact) mass is 269 g/mol. The van der Waals surface area contributed by atoms with E-state index >= 15 is 0 Å². The Balaban J connectivity index is 1.89. The minimum absolute atomic E-state index is 0.229. The van der Waals surface area contributed by atoms with Gasteiger partial charge >= 0.3 is 0 Å². The minimum Gasteiger partial charge on any atom is -0.457 e. The summed E-state index contributed by atoms with van der Waals surface area (Å²) in [4.78, 5) is 0. The first-order valence-electron chi connectivity index (χ1n) is 6.97. The molecule has 20 heavy (non-hydrogen) atoms. The van der Waals surface area contributed by atoms with Crippen molar-refractivity contribution < 1.29 is 9.47 Å². The van der Waals surface area contributed by atoms with E-state index in [1.54, 1.807) is 0 Å². The zero-order valence-corrected chi connectivity index (χ0v) is 11.6. The van der Waals surface area contributed by atoms with Crippen molar-refractivity contribution in [1.82, 2.24) is 5.32 Å². The van der Waals surface area contributed by atoms with E-state index in [-0.39, 0.29) is 6.04 Å². The summed E-state index contributed by atoms with van der Waals surface area (Å²) in [5.41, 5.74) is 2.61. The number of fused-ring (bicyclic) bond motifs is 1. The average Bonchev–Trinajstić information content (AvgIpc) is 2.70. The van der Waals surface area contributed by atoms with Crippen LogP contribution in [0, 0.1) is 0 Å². The maximum Gasteiger partial charge on any atom is 0.127 e. The molecule has 1 aliphatic rings. The van der Waals surface area contributed by atoms with E-state index in [9.17, 15) is 0 Å². The Kier molecular flexibility index (Phi) is 4.00. The molecule has 0 fully saturated rings. The second-order valence-corrected chi connectivity index (χ2v) is 4.94. The average molecular weight is 269 g/mol. The lowest BCUT2D eigenvalue weighted by Crippen LogP contribution is -2.21. The van der Waals surface area contributed by atoms with Crippen LogP contribution in [0.1, 0.15) is 17.2 Å². The second-order valence-electron chi connectivity index (χ2n) is 4.94. The smallest absolute Gasteiger partial charge is 0.127 e. The van der Waals surface area contributed by atoms with E-state index in [1.807, 2.05) is 43.4 Å². The number of para-hydroxylation sites is 1. The molecular formula is C17H19NO2. The third-order valence-corrected chi connectivity index (χ3v) is 3.62. The lowest BCUT2D eigenvalue weighted by molar-refractivity contribution is 0.123. The third-order valence-electron chi connectivity index (χ3n) is 3.62. The molecule has 104 valence electrons. The fourth-order valence-corrected chi connectivity index (χ4v) is 2.53. The Hall–Kier alpha value is -1.84. The molecule has 2 aromatic rings. The van der Waals surface area contributed by atoms with Crippen molar-refractivity contribution in [1.29, 1.82) is 0 Å². The Morgan fingerprint density at radius 2 is 1.95 bits per heavy atom. The molecule has 1 atom stereocenters. The summed E-state index contributed by atoms with van der Waals surface area (Å²) in [6, 6.07) is 16.4. The van der Waals surface area contributed by atoms with Crippen molar-refractivity contribution in [2.45, 2.75) is 12.5 Å². The molecule has 3 rings (SSSR count). The number of rotatable bonds is 3. The molecule has 1 unspecified atom stereocenters. The fraction of sp³-hybridized carbons (Fsp3) is 0.294. The Morgan fingerprint density at radius 1 is 1.10 bits per heavy atom. The van der Waals surface area contributed by atoms with Crippen LogP contribution in [0.15, 0.2) is 48.5 Å². The molecule has 0 spiro atoms. The molecular weight excluding hydrogens is 250 g/mol. The molecule has 0 saturated heterocycles. The number of hydrogen-bond donors (Lipinski definition) is 1. The highest BCUT2D eigenvalue weighted by Gasteiger charge is 2.18. The van der Waals surface area contributed by atoms with Gasteiger partial charge in [0.1, 0.15) is 11.5 Å². The standard InChI is InChI=1S/C17H19NO2/c1-18-17-12-19-10-9-13-7-8-15(11-16(13)17)20-14-5-3-2-4-6-14/h2-8,11,17-18H,9-10,12H2,1H3. The molecule has 0 amide bonds. The lowest BCUT2D eigenvalue weighted by atomic mass is 9.99. The molecule has 0 radical (unpaired) electrons. The van der Waals surface area contributed by atoms with Gasteiger partial charge in [-0.2, -0.15) is 0 Å². The molecule has 3 heteroatoms. The first-order chi connectivity index (χ1) is 9.86. The molecule has 0 aliphatic carbocycles. The molecule has 1 aliphatic heterocycles. The SMILES string of the molecule is CNC1COCCc2ccc(Oc3ccccc3)cc21. The first-order valence-corrected chi connectivity index (χ1v) is 6.97. The largest absolute Gasteiger partial charge is 0.457 e. The molecule has 2 aromatic carbocycles. The van der Waals surface area contributed by atoms with Crippen molar-refractivity contribution in [3.05, 3.63) is 59.7 Å². The molecule has 0 aromatic heterocycles. The maximum atomic E-state index is 5.91. The molecule has 0 bridgehead atoms. The van der Waals surface area contributed by atoms with Crippen molar-refractivity contribution in [2.75, 3.05) is 20.3 Å². The summed E-state index contributed by atoms with van der Waals surface area (Å²) < 4.78 is 11.5. The van der Waals surface area contributed by atoms with E-state index in [4.69, 9.17) is 9.47 Å². The fourth-order valence-electron chi connectivity index (χ4n) is 2.53. The molecule has 0 saturated carbocycles. The van der Waals surface area contributed by atoms with Crippen LogP contribution in [0.25, 0.3) is 0 Å². The molecule has 3 nitrogen and oxygen atoms in total. The predicted molar refractivity (Wildman–Crippen MR) is 79.3 cm³/mol. The quantitative estimate of drug-likeness (QED) is 0.927. The van der Waals surface area contributed by atoms with Gasteiger partial charge in [0.15, 0.2) is 0 Å². The Morgan fingerprint density at radius 3 is 2.75 bits per heavy atom. The van der Waals surface area contributed by atoms with Crippen LogP contribution < -0.4 is 10.1 Å². The van der Waals surface area contributed by atoms with Gasteiger partial charge in [0.05, 0.1) is 19.3 Å². The molecule has 1 heterocycles. The van der Waals surface area contributed by atoms with E-state index < -0.39 is 0 Å². The van der Waals surface area contributed by atoms with Crippen molar-refractivity contribution >= 4 is 0 Å². The van der Waals surface area contributed by atoms with Gasteiger partial charge in [-0.25, -0.2) is 0 Å². The summed E-state index contributed by atoms with van der Waals surface area (Å²) >= 11 is 0. The van der Waals surface area contributed by atoms with E-state index in [1.165, 1.54) is 11.1 Å². The summed E-state index contributed by atoms with van der Waals surface area (Å²) in [5, 5.41) is 3.31. The normalized spacial score (nSPS) is 18.1. The van der Waals surface area contributed by atoms with E-state index in [0.29, 0.717) is 6.61 Å². The Bertz CT molecular complexity index is 568. The molecule has 1 N–H and O–H groups in total. The summed E-state index contributed by atoms with van der Waals surface area (Å²) in [5.74, 6) is 1.73. The van der Waals surface area contributed by atoms with Gasteiger partial charge in [-0.05, 0) is 48.9 Å². The van der Waals surface area contributed by atoms with Crippen molar-refractivity contribution in [3.8, 4) is 11.5 Å². The second kappa shape index (κ2) is 6.07. The van der Waals surface area contributed by atoms with Gasteiger partial charge in [0, 0.05) is 0 Å². The Labute approximate surface area is 119 Å². The van der Waals surface area contributed by atoms with E-state index in [0.717, 1.165) is 24.5 Å². The van der Waals surface area contributed by atoms with Gasteiger partial charge in [0.25, 0.3) is 0 Å². The highest BCUT2D eigenvalue weighted by atomic mass is 16.5. The number of ether oxygens (including phenoxy) is 2. The first kappa shape index (κ1) is 13.2. The topological polar surface area (TPSA) is 30.5 Å². The third kappa shape index (κ3) is 2.84. The lowest BCUT2D eigenvalue weighted by Gasteiger charge is -2.17. The van der Waals surface area contributed by atoms with Crippen molar-refractivity contribution in [3.63, 3.8) is 0 Å². The van der Waals surface area contributed by atoms with Crippen LogP contribution in [-0.4, -0.2) is 20.3 Å². The van der Waals surface area contributed by atoms with Crippen LogP contribution in [0.5, 0.6) is 11.5 Å². The number of hydrogen-bond acceptors (Lipinski definition) is 3. The van der Waals surface area contributed by atoms with Crippen LogP contribution in [0.3, 0.4) is 0 Å². The van der Waals surface area contributed by atoms with Crippen LogP contribution in [0.4, 0.5) is 0 Å². The van der Waals surface area contributed by atoms with Crippen molar-refractivity contribution in [2.24, 2.45) is 0 Å². The van der Waals surface area contributed by atoms with Crippen LogP contribution >= 0.6 is 0 Å². The summed E-state index contributed by atoms with van der Waals surface area (Å²) in [6.45, 7) is 1.49. The van der Waals surface area contributed by atoms with Gasteiger partial charge in [-0.1, -0.05) is 24.3 Å². The highest BCUT2D eigenvalue weighted by Crippen LogP contribution is 2.29. The highest BCUT2D eigenvalue weighted by molar-refractivity contribution is 5.40. The van der Waals surface area contributed by atoms with Crippen LogP contribution in [-0.2, 0) is 11.2 Å². The predicted octanol–water partition coefficient (Wildman–Crippen LogP) is 3.31. The number of nitrogens with one attached hydrogen (secondary N) is 1. The zero-order valence-electron chi connectivity index (χ0n) is 11.6. The van der Waals surface area contributed by atoms with Gasteiger partial charge in [0.2, 0.25) is 0 Å². The minimum atomic E-state index is 0.229. The summed E-state index contributed by atoms with van der Waals surface area (Å²) in [6.07, 6.45) is 0.957. The maximum absolute atomic E-state index is 5.91. The number of likely N-dealkylation sites (N-methyl/N-ethyl adjacent to an activating group) is 1. The summed E-state index contributed by atoms with van der Waals surface area (Å²) in [7, 11) is 1.97. The number of benzene rings is 2. The van der Waals surface area contributed by atoms with Gasteiger partial charge in [-0.3, -0.25) is 0 Å². The van der Waals surface area contributed by atoms with Gasteiger partial charge in [-0.15, -0.1) is 0 Å². The van der Waals surface area contributed by atoms with Crippen LogP contribution in [0.2, 0.25) is 0 Å².